The summed E-state index contributed by atoms with van der Waals surface area (Å²) in [7, 11) is -0.975. The van der Waals surface area contributed by atoms with Crippen LogP contribution in [0.2, 0.25) is 5.82 Å². The molecule has 3 nitrogen and oxygen atoms in total. The summed E-state index contributed by atoms with van der Waals surface area (Å²) in [4.78, 5) is 0. The third-order valence-electron chi connectivity index (χ3n) is 2.14. The monoisotopic (exact) mass is 189 g/mol. The van der Waals surface area contributed by atoms with E-state index in [1.54, 1.807) is 25.1 Å². The smallest absolute Gasteiger partial charge is 0.212 e. The van der Waals surface area contributed by atoms with E-state index in [0.717, 1.165) is 0 Å². The van der Waals surface area contributed by atoms with Crippen LogP contribution in [0.25, 0.3) is 0 Å². The molecule has 1 fully saturated rings. The van der Waals surface area contributed by atoms with Gasteiger partial charge in [0.2, 0.25) is 10.0 Å². The second-order valence-corrected chi connectivity index (χ2v) is 7.23. The molecule has 5 heteroatoms. The fourth-order valence-corrected chi connectivity index (χ4v) is 2.90. The molecule has 0 N–H and O–H groups in total. The van der Waals surface area contributed by atoms with Gasteiger partial charge in [0.1, 0.15) is 7.85 Å². The number of hydrogen-bond acceptors (Lipinski definition) is 2. The van der Waals surface area contributed by atoms with Crippen molar-refractivity contribution in [1.29, 1.82) is 0 Å². The summed E-state index contributed by atoms with van der Waals surface area (Å²) < 4.78 is 24.3. The summed E-state index contributed by atoms with van der Waals surface area (Å²) in [6, 6.07) is 0. The molecule has 0 spiro atoms. The highest BCUT2D eigenvalue weighted by atomic mass is 32.2. The highest BCUT2D eigenvalue weighted by Gasteiger charge is 2.40. The highest BCUT2D eigenvalue weighted by molar-refractivity contribution is 7.90. The molecule has 0 aromatic heterocycles. The van der Waals surface area contributed by atoms with E-state index in [0.29, 0.717) is 18.9 Å². The van der Waals surface area contributed by atoms with Gasteiger partial charge in [0, 0.05) is 13.1 Å². The summed E-state index contributed by atoms with van der Waals surface area (Å²) in [6.45, 7) is 6.61. The zero-order valence-electron chi connectivity index (χ0n) is 8.16. The fraction of sp³-hybridized carbons (Fsp3) is 1.00. The van der Waals surface area contributed by atoms with Crippen LogP contribution >= 0.6 is 0 Å². The minimum Gasteiger partial charge on any atom is -0.212 e. The first-order chi connectivity index (χ1) is 5.25. The first-order valence-corrected chi connectivity index (χ1v) is 5.69. The van der Waals surface area contributed by atoms with E-state index in [4.69, 9.17) is 0 Å². The Balaban J connectivity index is 2.75. The van der Waals surface area contributed by atoms with Crippen LogP contribution in [0.15, 0.2) is 0 Å². The van der Waals surface area contributed by atoms with E-state index >= 15 is 0 Å². The van der Waals surface area contributed by atoms with Crippen molar-refractivity contribution >= 4 is 17.9 Å². The van der Waals surface area contributed by atoms with Gasteiger partial charge in [-0.1, -0.05) is 0 Å². The third-order valence-corrected chi connectivity index (χ3v) is 4.67. The fourth-order valence-electron chi connectivity index (χ4n) is 1.23. The largest absolute Gasteiger partial charge is 0.219 e. The van der Waals surface area contributed by atoms with Crippen LogP contribution in [0, 0.1) is 0 Å². The Labute approximate surface area is 75.6 Å². The zero-order valence-corrected chi connectivity index (χ0v) is 8.98. The first-order valence-electron chi connectivity index (χ1n) is 4.25. The molecule has 12 heavy (non-hydrogen) atoms. The normalized spacial score (nSPS) is 22.2. The van der Waals surface area contributed by atoms with Gasteiger partial charge in [0.05, 0.1) is 4.75 Å². The van der Waals surface area contributed by atoms with Crippen LogP contribution in [0.4, 0.5) is 0 Å². The Morgan fingerprint density at radius 3 is 2.00 bits per heavy atom. The van der Waals surface area contributed by atoms with Gasteiger partial charge in [0.15, 0.2) is 0 Å². The Morgan fingerprint density at radius 1 is 1.33 bits per heavy atom. The van der Waals surface area contributed by atoms with Crippen LogP contribution in [0.3, 0.4) is 0 Å². The molecule has 0 aromatic rings. The quantitative estimate of drug-likeness (QED) is 0.538. The van der Waals surface area contributed by atoms with Crippen molar-refractivity contribution in [3.63, 3.8) is 0 Å². The molecule has 0 radical (unpaired) electrons. The van der Waals surface area contributed by atoms with Crippen LogP contribution in [0.1, 0.15) is 20.8 Å². The summed E-state index contributed by atoms with van der Waals surface area (Å²) in [5, 5.41) is 0. The van der Waals surface area contributed by atoms with Crippen molar-refractivity contribution in [3.05, 3.63) is 0 Å². The van der Waals surface area contributed by atoms with Crippen molar-refractivity contribution in [1.82, 2.24) is 4.31 Å². The Hall–Kier alpha value is -0.0251. The Kier molecular flexibility index (Phi) is 2.29. The molecule has 0 unspecified atom stereocenters. The topological polar surface area (TPSA) is 37.4 Å². The average Bonchev–Trinajstić information content (AvgIpc) is 1.78. The van der Waals surface area contributed by atoms with Crippen molar-refractivity contribution in [2.24, 2.45) is 0 Å². The van der Waals surface area contributed by atoms with E-state index in [1.807, 2.05) is 0 Å². The lowest BCUT2D eigenvalue weighted by molar-refractivity contribution is 0.301. The predicted molar refractivity (Wildman–Crippen MR) is 52.5 cm³/mol. The maximum absolute atomic E-state index is 11.7. The lowest BCUT2D eigenvalue weighted by atomic mass is 9.83. The standard InChI is InChI=1S/C7H16BNO2S/c1-7(2,3)12(10,11)9-4-6(8)5-9/h6H,4-5,8H2,1-3H3. The molecule has 1 heterocycles. The van der Waals surface area contributed by atoms with Gasteiger partial charge in [-0.25, -0.2) is 12.7 Å². The second-order valence-electron chi connectivity index (χ2n) is 4.54. The molecule has 0 aromatic carbocycles. The number of rotatable bonds is 1. The van der Waals surface area contributed by atoms with Crippen LogP contribution in [-0.4, -0.2) is 38.4 Å². The number of hydrogen-bond donors (Lipinski definition) is 0. The molecule has 1 aliphatic heterocycles. The lowest BCUT2D eigenvalue weighted by Crippen LogP contribution is -2.52. The molecule has 1 rings (SSSR count). The number of nitrogens with zero attached hydrogens (tertiary/aromatic N) is 1. The second kappa shape index (κ2) is 2.74. The summed E-state index contributed by atoms with van der Waals surface area (Å²) >= 11 is 0. The summed E-state index contributed by atoms with van der Waals surface area (Å²) in [6.07, 6.45) is 0. The van der Waals surface area contributed by atoms with E-state index < -0.39 is 14.8 Å². The zero-order chi connectivity index (χ0) is 9.57. The molecule has 70 valence electrons. The summed E-state index contributed by atoms with van der Waals surface area (Å²) in [5.41, 5.74) is 0. The van der Waals surface area contributed by atoms with Gasteiger partial charge >= 0.3 is 0 Å². The van der Waals surface area contributed by atoms with Crippen LogP contribution < -0.4 is 0 Å². The Bertz CT molecular complexity index is 262. The van der Waals surface area contributed by atoms with Gasteiger partial charge in [-0.05, 0) is 26.6 Å². The van der Waals surface area contributed by atoms with Gasteiger partial charge < -0.3 is 0 Å². The van der Waals surface area contributed by atoms with Gasteiger partial charge in [0.25, 0.3) is 0 Å². The first kappa shape index (κ1) is 10.1. The molecule has 1 aliphatic rings. The maximum Gasteiger partial charge on any atom is 0.219 e. The maximum atomic E-state index is 11.7. The minimum absolute atomic E-state index is 0.530. The SMILES string of the molecule is BC1CN(S(=O)(=O)C(C)(C)C)C1. The minimum atomic E-state index is -3.04. The van der Waals surface area contributed by atoms with Crippen molar-refractivity contribution in [2.75, 3.05) is 13.1 Å². The average molecular weight is 189 g/mol. The van der Waals surface area contributed by atoms with Crippen molar-refractivity contribution in [3.8, 4) is 0 Å². The highest BCUT2D eigenvalue weighted by Crippen LogP contribution is 2.28. The van der Waals surface area contributed by atoms with Crippen LogP contribution in [0.5, 0.6) is 0 Å². The molecule has 0 amide bonds. The van der Waals surface area contributed by atoms with Crippen molar-refractivity contribution in [2.45, 2.75) is 31.3 Å². The molecule has 0 aliphatic carbocycles. The molecule has 0 bridgehead atoms. The van der Waals surface area contributed by atoms with Gasteiger partial charge in [-0.2, -0.15) is 0 Å². The third kappa shape index (κ3) is 1.52. The molecule has 0 saturated carbocycles. The molecule has 1 saturated heterocycles. The van der Waals surface area contributed by atoms with Gasteiger partial charge in [-0.3, -0.25) is 0 Å². The van der Waals surface area contributed by atoms with E-state index in [1.165, 1.54) is 0 Å². The van der Waals surface area contributed by atoms with E-state index in [-0.39, 0.29) is 0 Å². The number of sulfonamides is 1. The predicted octanol–water partition coefficient (Wildman–Crippen LogP) is -0.148. The molecular weight excluding hydrogens is 173 g/mol. The van der Waals surface area contributed by atoms with E-state index in [9.17, 15) is 8.42 Å². The molecule has 0 atom stereocenters. The summed E-state index contributed by atoms with van der Waals surface area (Å²) in [5.74, 6) is 0.530. The van der Waals surface area contributed by atoms with E-state index in [2.05, 4.69) is 7.85 Å². The molecular formula is C7H16BNO2S. The van der Waals surface area contributed by atoms with Crippen molar-refractivity contribution < 1.29 is 8.42 Å². The Morgan fingerprint density at radius 2 is 1.75 bits per heavy atom. The lowest BCUT2D eigenvalue weighted by Gasteiger charge is -2.40. The van der Waals surface area contributed by atoms with Crippen LogP contribution in [-0.2, 0) is 10.0 Å². The van der Waals surface area contributed by atoms with Gasteiger partial charge in [-0.15, -0.1) is 0 Å².